The molecular formula is C23H27NO4. The van der Waals surface area contributed by atoms with E-state index in [1.54, 1.807) is 0 Å². The highest BCUT2D eigenvalue weighted by atomic mass is 16.5. The summed E-state index contributed by atoms with van der Waals surface area (Å²) in [6, 6.07) is 15.7. The minimum atomic E-state index is -0.145. The lowest BCUT2D eigenvalue weighted by atomic mass is 9.76. The molecule has 0 aromatic heterocycles. The number of benzene rings is 2. The molecule has 4 atom stereocenters. The SMILES string of the molecule is C[C@@H]1C(=O)[C@H](C)[C@@H]2N[C@@H]1c1ccccc1OCCOCCOc1ccccc12. The summed E-state index contributed by atoms with van der Waals surface area (Å²) in [4.78, 5) is 13.2. The first-order chi connectivity index (χ1) is 13.7. The van der Waals surface area contributed by atoms with E-state index in [0.717, 1.165) is 22.6 Å². The zero-order valence-electron chi connectivity index (χ0n) is 16.4. The van der Waals surface area contributed by atoms with Crippen LogP contribution in [0.25, 0.3) is 0 Å². The van der Waals surface area contributed by atoms with E-state index >= 15 is 0 Å². The highest BCUT2D eigenvalue weighted by Crippen LogP contribution is 2.42. The molecule has 4 rings (SSSR count). The number of hydrogen-bond donors (Lipinski definition) is 1. The summed E-state index contributed by atoms with van der Waals surface area (Å²) in [5.74, 6) is 1.58. The quantitative estimate of drug-likeness (QED) is 0.754. The van der Waals surface area contributed by atoms with Crippen LogP contribution in [0.5, 0.6) is 11.5 Å². The number of rotatable bonds is 0. The molecule has 2 aliphatic rings. The van der Waals surface area contributed by atoms with Gasteiger partial charge in [-0.25, -0.2) is 0 Å². The molecule has 1 N–H and O–H groups in total. The van der Waals surface area contributed by atoms with Crippen molar-refractivity contribution >= 4 is 5.78 Å². The average Bonchev–Trinajstić information content (AvgIpc) is 2.72. The second kappa shape index (κ2) is 8.33. The average molecular weight is 381 g/mol. The van der Waals surface area contributed by atoms with Crippen molar-refractivity contribution in [1.82, 2.24) is 5.32 Å². The Bertz CT molecular complexity index is 771. The van der Waals surface area contributed by atoms with Crippen LogP contribution in [0.4, 0.5) is 0 Å². The van der Waals surface area contributed by atoms with Crippen LogP contribution in [0.2, 0.25) is 0 Å². The van der Waals surface area contributed by atoms with Gasteiger partial charge in [-0.1, -0.05) is 50.2 Å². The van der Waals surface area contributed by atoms with Gasteiger partial charge in [0.2, 0.25) is 0 Å². The summed E-state index contributed by atoms with van der Waals surface area (Å²) in [5.41, 5.74) is 2.02. The van der Waals surface area contributed by atoms with E-state index in [9.17, 15) is 4.79 Å². The standard InChI is InChI=1S/C23H27NO4/c1-15-21-17-7-3-5-9-19(17)27-13-11-26-12-14-28-20-10-6-4-8-18(20)22(24-21)16(2)23(15)25/h3-10,15-16,21-22,24H,11-14H2,1-2H3/t15-,16+,21-,22-/m0/s1. The topological polar surface area (TPSA) is 56.8 Å². The zero-order chi connectivity index (χ0) is 19.5. The molecule has 148 valence electrons. The lowest BCUT2D eigenvalue weighted by Gasteiger charge is -2.40. The minimum absolute atomic E-state index is 0.123. The van der Waals surface area contributed by atoms with Gasteiger partial charge in [-0.3, -0.25) is 4.79 Å². The van der Waals surface area contributed by atoms with Gasteiger partial charge in [-0.15, -0.1) is 0 Å². The smallest absolute Gasteiger partial charge is 0.142 e. The molecule has 2 bridgehead atoms. The Labute approximate surface area is 166 Å². The first-order valence-electron chi connectivity index (χ1n) is 9.98. The number of piperidine rings is 1. The van der Waals surface area contributed by atoms with Gasteiger partial charge in [0.05, 0.1) is 13.2 Å². The maximum Gasteiger partial charge on any atom is 0.142 e. The number of carbonyl (C=O) groups is 1. The zero-order valence-corrected chi connectivity index (χ0v) is 16.4. The number of para-hydroxylation sites is 2. The number of carbonyl (C=O) groups excluding carboxylic acids is 1. The van der Waals surface area contributed by atoms with Crippen molar-refractivity contribution in [2.24, 2.45) is 11.8 Å². The molecule has 1 saturated heterocycles. The van der Waals surface area contributed by atoms with Crippen LogP contribution in [-0.2, 0) is 9.53 Å². The van der Waals surface area contributed by atoms with Crippen LogP contribution in [0.3, 0.4) is 0 Å². The van der Waals surface area contributed by atoms with Crippen molar-refractivity contribution in [3.05, 3.63) is 59.7 Å². The summed E-state index contributed by atoms with van der Waals surface area (Å²) in [7, 11) is 0. The largest absolute Gasteiger partial charge is 0.491 e. The predicted octanol–water partition coefficient (Wildman–Crippen LogP) is 3.70. The van der Waals surface area contributed by atoms with Crippen LogP contribution in [0.15, 0.2) is 48.5 Å². The summed E-state index contributed by atoms with van der Waals surface area (Å²) >= 11 is 0. The van der Waals surface area contributed by atoms with Crippen LogP contribution >= 0.6 is 0 Å². The number of ketones is 1. The van der Waals surface area contributed by atoms with Gasteiger partial charge in [0.25, 0.3) is 0 Å². The molecule has 5 nitrogen and oxygen atoms in total. The Morgan fingerprint density at radius 2 is 1.21 bits per heavy atom. The maximum atomic E-state index is 13.2. The molecule has 5 heteroatoms. The molecule has 0 unspecified atom stereocenters. The lowest BCUT2D eigenvalue weighted by Crippen LogP contribution is -2.46. The molecule has 2 heterocycles. The second-order valence-corrected chi connectivity index (χ2v) is 7.49. The molecule has 0 radical (unpaired) electrons. The fourth-order valence-electron chi connectivity index (χ4n) is 4.20. The monoisotopic (exact) mass is 381 g/mol. The number of ether oxygens (including phenoxy) is 3. The third-order valence-corrected chi connectivity index (χ3v) is 5.74. The van der Waals surface area contributed by atoms with Gasteiger partial charge in [0.1, 0.15) is 30.5 Å². The van der Waals surface area contributed by atoms with Gasteiger partial charge in [-0.05, 0) is 12.1 Å². The molecule has 2 aromatic rings. The van der Waals surface area contributed by atoms with Gasteiger partial charge in [0, 0.05) is 35.0 Å². The molecule has 0 saturated carbocycles. The molecule has 2 aliphatic heterocycles. The molecule has 0 aliphatic carbocycles. The Morgan fingerprint density at radius 1 is 0.750 bits per heavy atom. The van der Waals surface area contributed by atoms with Crippen LogP contribution in [0.1, 0.15) is 37.1 Å². The molecule has 1 fully saturated rings. The maximum absolute atomic E-state index is 13.2. The fraction of sp³-hybridized carbons (Fsp3) is 0.435. The minimum Gasteiger partial charge on any atom is -0.491 e. The van der Waals surface area contributed by atoms with E-state index in [1.807, 2.05) is 62.4 Å². The summed E-state index contributed by atoms with van der Waals surface area (Å²) < 4.78 is 17.6. The van der Waals surface area contributed by atoms with E-state index < -0.39 is 0 Å². The van der Waals surface area contributed by atoms with Crippen molar-refractivity contribution in [2.45, 2.75) is 25.9 Å². The van der Waals surface area contributed by atoms with Crippen molar-refractivity contribution in [3.8, 4) is 11.5 Å². The van der Waals surface area contributed by atoms with Gasteiger partial charge in [-0.2, -0.15) is 0 Å². The first kappa shape index (κ1) is 19.0. The Kier molecular flexibility index (Phi) is 5.64. The fourth-order valence-corrected chi connectivity index (χ4v) is 4.20. The number of nitrogens with one attached hydrogen (secondary N) is 1. The predicted molar refractivity (Wildman–Crippen MR) is 107 cm³/mol. The second-order valence-electron chi connectivity index (χ2n) is 7.49. The van der Waals surface area contributed by atoms with Gasteiger partial charge < -0.3 is 19.5 Å². The Morgan fingerprint density at radius 3 is 1.71 bits per heavy atom. The van der Waals surface area contributed by atoms with Crippen LogP contribution in [-0.4, -0.2) is 32.2 Å². The van der Waals surface area contributed by atoms with E-state index in [0.29, 0.717) is 26.4 Å². The van der Waals surface area contributed by atoms with Crippen LogP contribution in [0, 0.1) is 11.8 Å². The highest BCUT2D eigenvalue weighted by molar-refractivity contribution is 5.85. The summed E-state index contributed by atoms with van der Waals surface area (Å²) in [5, 5.41) is 3.74. The lowest BCUT2D eigenvalue weighted by molar-refractivity contribution is -0.130. The number of fused-ring (bicyclic) bond motifs is 6. The molecular weight excluding hydrogens is 354 g/mol. The molecule has 0 spiro atoms. The van der Waals surface area contributed by atoms with E-state index in [1.165, 1.54) is 0 Å². The van der Waals surface area contributed by atoms with E-state index in [-0.39, 0.29) is 29.7 Å². The van der Waals surface area contributed by atoms with Gasteiger partial charge in [0.15, 0.2) is 0 Å². The molecule has 0 amide bonds. The number of hydrogen-bond acceptors (Lipinski definition) is 5. The summed E-state index contributed by atoms with van der Waals surface area (Å²) in [6.07, 6.45) is 0. The number of Topliss-reactive ketones (excluding diaryl/α,β-unsaturated/α-hetero) is 1. The highest BCUT2D eigenvalue weighted by Gasteiger charge is 2.41. The Balaban J connectivity index is 1.78. The van der Waals surface area contributed by atoms with E-state index in [2.05, 4.69) is 5.32 Å². The third-order valence-electron chi connectivity index (χ3n) is 5.74. The van der Waals surface area contributed by atoms with Crippen molar-refractivity contribution in [1.29, 1.82) is 0 Å². The Hall–Kier alpha value is -2.37. The normalized spacial score (nSPS) is 28.1. The van der Waals surface area contributed by atoms with Crippen molar-refractivity contribution in [2.75, 3.05) is 26.4 Å². The van der Waals surface area contributed by atoms with Crippen molar-refractivity contribution in [3.63, 3.8) is 0 Å². The third kappa shape index (κ3) is 3.64. The summed E-state index contributed by atoms with van der Waals surface area (Å²) in [6.45, 7) is 5.90. The molecule has 2 aromatic carbocycles. The van der Waals surface area contributed by atoms with E-state index in [4.69, 9.17) is 14.2 Å². The first-order valence-corrected chi connectivity index (χ1v) is 9.98. The molecule has 28 heavy (non-hydrogen) atoms. The van der Waals surface area contributed by atoms with Crippen molar-refractivity contribution < 1.29 is 19.0 Å². The van der Waals surface area contributed by atoms with Crippen LogP contribution < -0.4 is 14.8 Å². The van der Waals surface area contributed by atoms with Gasteiger partial charge >= 0.3 is 0 Å².